The van der Waals surface area contributed by atoms with E-state index >= 15 is 0 Å². The van der Waals surface area contributed by atoms with Gasteiger partial charge in [0.25, 0.3) is 0 Å². The molecule has 2 fully saturated rings. The summed E-state index contributed by atoms with van der Waals surface area (Å²) in [5.74, 6) is 0.147. The minimum Gasteiger partial charge on any atom is -0.335 e. The average molecular weight is 326 g/mol. The number of nitrogens with zero attached hydrogens (tertiary/aromatic N) is 2. The number of fused-ring (bicyclic) bond motifs is 1. The molecule has 4 heteroatoms. The minimum atomic E-state index is -0.345. The van der Waals surface area contributed by atoms with Gasteiger partial charge in [0, 0.05) is 31.1 Å². The fourth-order valence-electron chi connectivity index (χ4n) is 4.51. The lowest BCUT2D eigenvalue weighted by atomic mass is 9.93. The van der Waals surface area contributed by atoms with Crippen LogP contribution in [0.25, 0.3) is 0 Å². The summed E-state index contributed by atoms with van der Waals surface area (Å²) in [4.78, 5) is 29.6. The number of anilines is 1. The lowest BCUT2D eigenvalue weighted by Crippen LogP contribution is -2.53. The molecule has 4 rings (SSSR count). The molecule has 0 aromatic heterocycles. The van der Waals surface area contributed by atoms with Crippen molar-refractivity contribution in [2.24, 2.45) is 0 Å². The van der Waals surface area contributed by atoms with Gasteiger partial charge >= 0.3 is 0 Å². The number of para-hydroxylation sites is 1. The van der Waals surface area contributed by atoms with Crippen LogP contribution in [0.1, 0.15) is 57.4 Å². The molecule has 2 aliphatic carbocycles. The molecule has 0 saturated heterocycles. The van der Waals surface area contributed by atoms with Crippen molar-refractivity contribution < 1.29 is 9.59 Å². The van der Waals surface area contributed by atoms with Gasteiger partial charge in [-0.3, -0.25) is 14.5 Å². The Bertz CT molecular complexity index is 647. The summed E-state index contributed by atoms with van der Waals surface area (Å²) < 4.78 is 0. The highest BCUT2D eigenvalue weighted by atomic mass is 16.2. The first kappa shape index (κ1) is 15.7. The molecule has 1 aromatic rings. The van der Waals surface area contributed by atoms with Crippen molar-refractivity contribution in [1.29, 1.82) is 0 Å². The fourth-order valence-corrected chi connectivity index (χ4v) is 4.51. The third-order valence-electron chi connectivity index (χ3n) is 5.76. The second kappa shape index (κ2) is 6.23. The number of hydrogen-bond donors (Lipinski definition) is 0. The van der Waals surface area contributed by atoms with E-state index in [2.05, 4.69) is 4.90 Å². The predicted molar refractivity (Wildman–Crippen MR) is 93.8 cm³/mol. The van der Waals surface area contributed by atoms with E-state index in [0.717, 1.165) is 36.9 Å². The fraction of sp³-hybridized carbons (Fsp3) is 0.600. The number of benzene rings is 1. The van der Waals surface area contributed by atoms with Crippen LogP contribution >= 0.6 is 0 Å². The van der Waals surface area contributed by atoms with E-state index in [1.54, 1.807) is 11.8 Å². The maximum atomic E-state index is 13.4. The summed E-state index contributed by atoms with van der Waals surface area (Å²) >= 11 is 0. The number of amides is 2. The molecule has 1 atom stereocenters. The summed E-state index contributed by atoms with van der Waals surface area (Å²) in [5.41, 5.74) is 2.04. The Morgan fingerprint density at radius 1 is 1.00 bits per heavy atom. The van der Waals surface area contributed by atoms with Gasteiger partial charge in [-0.25, -0.2) is 0 Å². The van der Waals surface area contributed by atoms with Crippen LogP contribution < -0.4 is 4.90 Å². The zero-order chi connectivity index (χ0) is 16.7. The van der Waals surface area contributed by atoms with Gasteiger partial charge in [0.05, 0.1) is 0 Å². The van der Waals surface area contributed by atoms with Gasteiger partial charge in [0.2, 0.25) is 11.8 Å². The summed E-state index contributed by atoms with van der Waals surface area (Å²) in [6.07, 6.45) is 8.90. The third-order valence-corrected chi connectivity index (χ3v) is 5.76. The number of carbonyl (C=O) groups is 2. The molecule has 4 nitrogen and oxygen atoms in total. The van der Waals surface area contributed by atoms with Gasteiger partial charge in [-0.1, -0.05) is 37.5 Å². The Morgan fingerprint density at radius 3 is 2.33 bits per heavy atom. The quantitative estimate of drug-likeness (QED) is 0.855. The first-order valence-corrected chi connectivity index (χ1v) is 9.36. The van der Waals surface area contributed by atoms with E-state index in [9.17, 15) is 9.59 Å². The van der Waals surface area contributed by atoms with E-state index in [4.69, 9.17) is 0 Å². The van der Waals surface area contributed by atoms with Crippen molar-refractivity contribution in [3.63, 3.8) is 0 Å². The van der Waals surface area contributed by atoms with Crippen molar-refractivity contribution in [2.45, 2.75) is 76.4 Å². The van der Waals surface area contributed by atoms with Crippen LogP contribution in [0, 0.1) is 0 Å². The van der Waals surface area contributed by atoms with Crippen LogP contribution in [0.3, 0.4) is 0 Å². The first-order valence-electron chi connectivity index (χ1n) is 9.36. The second-order valence-corrected chi connectivity index (χ2v) is 7.51. The normalized spacial score (nSPS) is 23.9. The highest BCUT2D eigenvalue weighted by Gasteiger charge is 2.45. The van der Waals surface area contributed by atoms with Gasteiger partial charge in [-0.05, 0) is 37.3 Å². The zero-order valence-electron chi connectivity index (χ0n) is 14.4. The van der Waals surface area contributed by atoms with E-state index in [1.165, 1.54) is 19.3 Å². The molecule has 0 bridgehead atoms. The van der Waals surface area contributed by atoms with Crippen molar-refractivity contribution in [3.05, 3.63) is 29.8 Å². The van der Waals surface area contributed by atoms with E-state index in [1.807, 2.05) is 24.3 Å². The number of rotatable bonds is 3. The molecule has 3 aliphatic rings. The topological polar surface area (TPSA) is 40.6 Å². The van der Waals surface area contributed by atoms with Crippen LogP contribution in [0.15, 0.2) is 24.3 Å². The molecular formula is C20H26N2O2. The summed E-state index contributed by atoms with van der Waals surface area (Å²) in [5, 5.41) is 0. The molecule has 1 aromatic carbocycles. The monoisotopic (exact) mass is 326 g/mol. The SMILES string of the molecule is CC(=O)N1c2ccccc2C[C@H]1C(=O)N(C1CCCCC1)C1CC1. The molecule has 2 saturated carbocycles. The van der Waals surface area contributed by atoms with Crippen molar-refractivity contribution in [2.75, 3.05) is 4.90 Å². The lowest BCUT2D eigenvalue weighted by molar-refractivity contribution is -0.137. The highest BCUT2D eigenvalue weighted by Crippen LogP contribution is 2.38. The minimum absolute atomic E-state index is 0.0299. The van der Waals surface area contributed by atoms with Crippen molar-refractivity contribution in [1.82, 2.24) is 4.90 Å². The van der Waals surface area contributed by atoms with Crippen molar-refractivity contribution >= 4 is 17.5 Å². The molecule has 1 heterocycles. The van der Waals surface area contributed by atoms with Crippen LogP contribution in [-0.4, -0.2) is 34.8 Å². The van der Waals surface area contributed by atoms with Gasteiger partial charge in [-0.2, -0.15) is 0 Å². The zero-order valence-corrected chi connectivity index (χ0v) is 14.4. The molecule has 0 radical (unpaired) electrons. The Kier molecular flexibility index (Phi) is 4.07. The molecule has 24 heavy (non-hydrogen) atoms. The standard InChI is InChI=1S/C20H26N2O2/c1-14(23)21-18-10-6-5-7-15(18)13-19(21)20(24)22(17-11-12-17)16-8-3-2-4-9-16/h5-7,10,16-17,19H,2-4,8-9,11-13H2,1H3/t19-/m0/s1. The third kappa shape index (κ3) is 2.72. The Balaban J connectivity index is 1.61. The van der Waals surface area contributed by atoms with Crippen LogP contribution in [0.2, 0.25) is 0 Å². The second-order valence-electron chi connectivity index (χ2n) is 7.51. The molecule has 2 amide bonds. The number of carbonyl (C=O) groups excluding carboxylic acids is 2. The molecular weight excluding hydrogens is 300 g/mol. The van der Waals surface area contributed by atoms with Gasteiger partial charge < -0.3 is 4.90 Å². The van der Waals surface area contributed by atoms with E-state index < -0.39 is 0 Å². The average Bonchev–Trinajstić information content (AvgIpc) is 3.34. The van der Waals surface area contributed by atoms with Crippen LogP contribution in [0.4, 0.5) is 5.69 Å². The Morgan fingerprint density at radius 2 is 1.67 bits per heavy atom. The molecule has 0 spiro atoms. The summed E-state index contributed by atoms with van der Waals surface area (Å²) in [7, 11) is 0. The largest absolute Gasteiger partial charge is 0.335 e. The van der Waals surface area contributed by atoms with E-state index in [0.29, 0.717) is 18.5 Å². The van der Waals surface area contributed by atoms with Crippen molar-refractivity contribution in [3.8, 4) is 0 Å². The van der Waals surface area contributed by atoms with Crippen LogP contribution in [-0.2, 0) is 16.0 Å². The molecule has 0 unspecified atom stereocenters. The lowest BCUT2D eigenvalue weighted by Gasteiger charge is -2.38. The van der Waals surface area contributed by atoms with Crippen LogP contribution in [0.5, 0.6) is 0 Å². The molecule has 0 N–H and O–H groups in total. The predicted octanol–water partition coefficient (Wildman–Crippen LogP) is 3.29. The summed E-state index contributed by atoms with van der Waals surface area (Å²) in [6.45, 7) is 1.57. The van der Waals surface area contributed by atoms with E-state index in [-0.39, 0.29) is 17.9 Å². The number of hydrogen-bond acceptors (Lipinski definition) is 2. The van der Waals surface area contributed by atoms with Gasteiger partial charge in [-0.15, -0.1) is 0 Å². The molecule has 128 valence electrons. The van der Waals surface area contributed by atoms with Gasteiger partial charge in [0.1, 0.15) is 6.04 Å². The maximum Gasteiger partial charge on any atom is 0.246 e. The molecule has 1 aliphatic heterocycles. The van der Waals surface area contributed by atoms with Gasteiger partial charge in [0.15, 0.2) is 0 Å². The smallest absolute Gasteiger partial charge is 0.246 e. The maximum absolute atomic E-state index is 13.4. The Hall–Kier alpha value is -1.84. The Labute approximate surface area is 143 Å². The highest BCUT2D eigenvalue weighted by molar-refractivity contribution is 6.02. The first-order chi connectivity index (χ1) is 11.7. The summed E-state index contributed by atoms with van der Waals surface area (Å²) in [6, 6.07) is 8.40.